The number of fused-ring (bicyclic) bond motifs is 4. The van der Waals surface area contributed by atoms with Gasteiger partial charge < -0.3 is 10.2 Å². The molecule has 4 aliphatic carbocycles. The molecule has 4 aliphatic rings. The number of ketones is 3. The molecular formula is C30H44O5. The van der Waals surface area contributed by atoms with E-state index in [4.69, 9.17) is 0 Å². The van der Waals surface area contributed by atoms with Crippen molar-refractivity contribution in [1.29, 1.82) is 0 Å². The SMILES string of the molecule is C=C(CC[C@@H](C)[C@H]1CC[C@H]2C3=C(C(=O)[C@H](O)[C@]12C)[C@@]1(C)CC[C@@H](O)[C@@H](C)[C@@H]1CC3=O)C(C)C(C)=O. The fourth-order valence-electron chi connectivity index (χ4n) is 8.52. The normalized spacial score (nSPS) is 42.7. The Hall–Kier alpha value is -1.59. The largest absolute Gasteiger partial charge is 0.393 e. The Kier molecular flexibility index (Phi) is 6.85. The minimum atomic E-state index is -1.12. The van der Waals surface area contributed by atoms with Crippen molar-refractivity contribution in [3.8, 4) is 0 Å². The van der Waals surface area contributed by atoms with E-state index in [1.807, 2.05) is 20.8 Å². The number of aliphatic hydroxyl groups is 2. The molecule has 0 aromatic heterocycles. The Bertz CT molecular complexity index is 977. The zero-order chi connectivity index (χ0) is 26.0. The summed E-state index contributed by atoms with van der Waals surface area (Å²) >= 11 is 0. The van der Waals surface area contributed by atoms with Crippen LogP contribution in [0.1, 0.15) is 86.5 Å². The van der Waals surface area contributed by atoms with Crippen molar-refractivity contribution in [1.82, 2.24) is 0 Å². The van der Waals surface area contributed by atoms with Crippen LogP contribution in [0.5, 0.6) is 0 Å². The van der Waals surface area contributed by atoms with Gasteiger partial charge in [-0.05, 0) is 75.0 Å². The predicted octanol–water partition coefficient (Wildman–Crippen LogP) is 4.84. The molecule has 2 N–H and O–H groups in total. The first kappa shape index (κ1) is 26.5. The van der Waals surface area contributed by atoms with E-state index in [9.17, 15) is 24.6 Å². The fraction of sp³-hybridized carbons (Fsp3) is 0.767. The van der Waals surface area contributed by atoms with Crippen LogP contribution in [0.15, 0.2) is 23.3 Å². The number of hydrogen-bond acceptors (Lipinski definition) is 5. The molecule has 194 valence electrons. The molecule has 4 rings (SSSR count). The monoisotopic (exact) mass is 484 g/mol. The van der Waals surface area contributed by atoms with Crippen molar-refractivity contribution in [2.24, 2.45) is 46.3 Å². The highest BCUT2D eigenvalue weighted by Crippen LogP contribution is 2.65. The maximum absolute atomic E-state index is 13.9. The van der Waals surface area contributed by atoms with Crippen LogP contribution in [0.25, 0.3) is 0 Å². The van der Waals surface area contributed by atoms with E-state index in [1.54, 1.807) is 6.92 Å². The van der Waals surface area contributed by atoms with Crippen molar-refractivity contribution < 1.29 is 24.6 Å². The second-order valence-electron chi connectivity index (χ2n) is 12.8. The number of hydrogen-bond donors (Lipinski definition) is 2. The molecule has 0 radical (unpaired) electrons. The van der Waals surface area contributed by atoms with Crippen LogP contribution in [0, 0.1) is 46.3 Å². The topological polar surface area (TPSA) is 91.7 Å². The molecule has 0 amide bonds. The molecule has 0 spiro atoms. The Balaban J connectivity index is 1.66. The summed E-state index contributed by atoms with van der Waals surface area (Å²) in [7, 11) is 0. The minimum Gasteiger partial charge on any atom is -0.393 e. The highest BCUT2D eigenvalue weighted by molar-refractivity contribution is 6.12. The third-order valence-electron chi connectivity index (χ3n) is 11.1. The Morgan fingerprint density at radius 3 is 2.43 bits per heavy atom. The maximum Gasteiger partial charge on any atom is 0.188 e. The average Bonchev–Trinajstić information content (AvgIpc) is 3.16. The summed E-state index contributed by atoms with van der Waals surface area (Å²) in [5, 5.41) is 22.1. The summed E-state index contributed by atoms with van der Waals surface area (Å²) in [6.07, 6.45) is 3.38. The van der Waals surface area contributed by atoms with Gasteiger partial charge in [-0.1, -0.05) is 46.8 Å². The fourth-order valence-corrected chi connectivity index (χ4v) is 8.52. The number of allylic oxidation sites excluding steroid dienone is 2. The van der Waals surface area contributed by atoms with Gasteiger partial charge in [0.25, 0.3) is 0 Å². The minimum absolute atomic E-state index is 0.0492. The van der Waals surface area contributed by atoms with E-state index >= 15 is 0 Å². The van der Waals surface area contributed by atoms with Crippen LogP contribution in [0.3, 0.4) is 0 Å². The molecule has 0 aromatic carbocycles. The lowest BCUT2D eigenvalue weighted by Crippen LogP contribution is -2.58. The molecule has 35 heavy (non-hydrogen) atoms. The summed E-state index contributed by atoms with van der Waals surface area (Å²) in [4.78, 5) is 39.3. The van der Waals surface area contributed by atoms with Crippen LogP contribution in [0.4, 0.5) is 0 Å². The first-order chi connectivity index (χ1) is 16.3. The molecule has 0 aromatic rings. The molecular weight excluding hydrogens is 440 g/mol. The predicted molar refractivity (Wildman–Crippen MR) is 135 cm³/mol. The average molecular weight is 485 g/mol. The third-order valence-corrected chi connectivity index (χ3v) is 11.1. The van der Waals surface area contributed by atoms with Crippen LogP contribution < -0.4 is 0 Å². The van der Waals surface area contributed by atoms with Gasteiger partial charge in [0, 0.05) is 34.3 Å². The van der Waals surface area contributed by atoms with Gasteiger partial charge in [-0.3, -0.25) is 14.4 Å². The highest BCUT2D eigenvalue weighted by Gasteiger charge is 2.65. The van der Waals surface area contributed by atoms with Crippen LogP contribution in [0.2, 0.25) is 0 Å². The number of carbonyl (C=O) groups excluding carboxylic acids is 3. The van der Waals surface area contributed by atoms with Crippen LogP contribution in [-0.4, -0.2) is 39.8 Å². The van der Waals surface area contributed by atoms with E-state index in [0.717, 1.165) is 31.3 Å². The number of rotatable bonds is 6. The summed E-state index contributed by atoms with van der Waals surface area (Å²) < 4.78 is 0. The number of carbonyl (C=O) groups is 3. The lowest BCUT2D eigenvalue weighted by molar-refractivity contribution is -0.145. The van der Waals surface area contributed by atoms with E-state index in [1.165, 1.54) is 0 Å². The van der Waals surface area contributed by atoms with Gasteiger partial charge in [0.2, 0.25) is 0 Å². The Labute approximate surface area is 210 Å². The van der Waals surface area contributed by atoms with Crippen molar-refractivity contribution in [2.75, 3.05) is 0 Å². The smallest absolute Gasteiger partial charge is 0.188 e. The van der Waals surface area contributed by atoms with E-state index in [2.05, 4.69) is 20.4 Å². The second-order valence-corrected chi connectivity index (χ2v) is 12.8. The first-order valence-electron chi connectivity index (χ1n) is 13.6. The molecule has 2 saturated carbocycles. The molecule has 0 bridgehead atoms. The molecule has 5 nitrogen and oxygen atoms in total. The van der Waals surface area contributed by atoms with E-state index < -0.39 is 23.0 Å². The van der Waals surface area contributed by atoms with Gasteiger partial charge in [-0.2, -0.15) is 0 Å². The first-order valence-corrected chi connectivity index (χ1v) is 13.6. The lowest BCUT2D eigenvalue weighted by atomic mass is 9.47. The molecule has 1 unspecified atom stereocenters. The van der Waals surface area contributed by atoms with E-state index in [-0.39, 0.29) is 52.9 Å². The van der Waals surface area contributed by atoms with Gasteiger partial charge in [-0.15, -0.1) is 0 Å². The second kappa shape index (κ2) is 9.06. The van der Waals surface area contributed by atoms with Crippen molar-refractivity contribution in [3.63, 3.8) is 0 Å². The molecule has 0 heterocycles. The van der Waals surface area contributed by atoms with Crippen molar-refractivity contribution in [2.45, 2.75) is 98.7 Å². The van der Waals surface area contributed by atoms with Gasteiger partial charge in [0.1, 0.15) is 11.9 Å². The van der Waals surface area contributed by atoms with Gasteiger partial charge >= 0.3 is 0 Å². The molecule has 0 saturated heterocycles. The van der Waals surface area contributed by atoms with Crippen LogP contribution >= 0.6 is 0 Å². The zero-order valence-electron chi connectivity index (χ0n) is 22.4. The summed E-state index contributed by atoms with van der Waals surface area (Å²) in [6.45, 7) is 15.9. The van der Waals surface area contributed by atoms with Gasteiger partial charge in [-0.25, -0.2) is 0 Å². The van der Waals surface area contributed by atoms with Crippen molar-refractivity contribution in [3.05, 3.63) is 23.3 Å². The molecule has 2 fully saturated rings. The molecule has 10 atom stereocenters. The Morgan fingerprint density at radius 1 is 1.14 bits per heavy atom. The van der Waals surface area contributed by atoms with Gasteiger partial charge in [0.05, 0.1) is 6.10 Å². The summed E-state index contributed by atoms with van der Waals surface area (Å²) in [5.41, 5.74) is 1.09. The standard InChI is InChI=1S/C30H44O5/c1-15(17(3)19(5)31)8-9-16(2)20-10-11-21-25-24(33)14-22-18(4)23(32)12-13-29(22,6)26(25)27(34)28(35)30(20,21)7/h16-18,20-23,28,32,35H,1,8-14H2,2-7H3/t16-,17?,18+,20-,21+,22+,23-,28+,29+,30-/m1/s1. The van der Waals surface area contributed by atoms with Crippen LogP contribution in [-0.2, 0) is 14.4 Å². The number of Topliss-reactive ketones (excluding diaryl/α,β-unsaturated/α-hetero) is 3. The van der Waals surface area contributed by atoms with Gasteiger partial charge in [0.15, 0.2) is 11.6 Å². The maximum atomic E-state index is 13.9. The highest BCUT2D eigenvalue weighted by atomic mass is 16.3. The number of aliphatic hydroxyl groups excluding tert-OH is 2. The molecule has 0 aliphatic heterocycles. The van der Waals surface area contributed by atoms with Crippen molar-refractivity contribution >= 4 is 17.3 Å². The Morgan fingerprint density at radius 2 is 1.80 bits per heavy atom. The summed E-state index contributed by atoms with van der Waals surface area (Å²) in [6, 6.07) is 0. The lowest BCUT2D eigenvalue weighted by Gasteiger charge is -2.56. The van der Waals surface area contributed by atoms with E-state index in [0.29, 0.717) is 30.4 Å². The third kappa shape index (κ3) is 3.83. The summed E-state index contributed by atoms with van der Waals surface area (Å²) in [5.74, 6) is -0.110. The molecule has 5 heteroatoms. The zero-order valence-corrected chi connectivity index (χ0v) is 22.4. The quantitative estimate of drug-likeness (QED) is 0.526.